The Balaban J connectivity index is 2.59. The zero-order valence-electron chi connectivity index (χ0n) is 10.3. The highest BCUT2D eigenvalue weighted by Gasteiger charge is 2.19. The lowest BCUT2D eigenvalue weighted by molar-refractivity contribution is 0.195. The molecule has 1 rings (SSSR count). The second kappa shape index (κ2) is 6.37. The predicted molar refractivity (Wildman–Crippen MR) is 68.7 cm³/mol. The monoisotopic (exact) mass is 289 g/mol. The van der Waals surface area contributed by atoms with Crippen LogP contribution in [0.15, 0.2) is 10.7 Å². The summed E-state index contributed by atoms with van der Waals surface area (Å²) in [6.07, 6.45) is 1.84. The Morgan fingerprint density at radius 2 is 2.25 bits per heavy atom. The Hall–Kier alpha value is -0.390. The first kappa shape index (κ1) is 13.7. The van der Waals surface area contributed by atoms with Crippen molar-refractivity contribution in [3.8, 4) is 0 Å². The quantitative estimate of drug-likeness (QED) is 0.813. The van der Waals surface area contributed by atoms with E-state index in [0.717, 1.165) is 17.6 Å². The van der Waals surface area contributed by atoms with Gasteiger partial charge in [-0.25, -0.2) is 0 Å². The molecule has 0 amide bonds. The van der Waals surface area contributed by atoms with Gasteiger partial charge in [-0.15, -0.1) is 0 Å². The van der Waals surface area contributed by atoms with Gasteiger partial charge in [-0.05, 0) is 22.9 Å². The molecule has 2 unspecified atom stereocenters. The third-order valence-corrected chi connectivity index (χ3v) is 3.50. The van der Waals surface area contributed by atoms with E-state index in [0.29, 0.717) is 12.0 Å². The van der Waals surface area contributed by atoms with E-state index in [2.05, 4.69) is 40.2 Å². The van der Waals surface area contributed by atoms with Crippen molar-refractivity contribution in [1.29, 1.82) is 0 Å². The van der Waals surface area contributed by atoms with Gasteiger partial charge in [0.15, 0.2) is 0 Å². The molecule has 1 aromatic heterocycles. The lowest BCUT2D eigenvalue weighted by Gasteiger charge is -2.22. The van der Waals surface area contributed by atoms with Crippen LogP contribution in [0.1, 0.15) is 25.5 Å². The molecule has 1 heterocycles. The first-order valence-corrected chi connectivity index (χ1v) is 6.27. The van der Waals surface area contributed by atoms with Gasteiger partial charge in [0, 0.05) is 32.7 Å². The molecule has 0 saturated heterocycles. The SMILES string of the molecule is COCCNC(C)C(C)c1c(Br)cnn1C. The lowest BCUT2D eigenvalue weighted by Crippen LogP contribution is -2.34. The van der Waals surface area contributed by atoms with E-state index in [1.54, 1.807) is 7.11 Å². The molecule has 2 atom stereocenters. The van der Waals surface area contributed by atoms with Crippen LogP contribution in [0, 0.1) is 0 Å². The van der Waals surface area contributed by atoms with Crippen molar-refractivity contribution in [1.82, 2.24) is 15.1 Å². The molecule has 4 nitrogen and oxygen atoms in total. The van der Waals surface area contributed by atoms with Crippen molar-refractivity contribution < 1.29 is 4.74 Å². The number of hydrogen-bond acceptors (Lipinski definition) is 3. The van der Waals surface area contributed by atoms with Crippen LogP contribution >= 0.6 is 15.9 Å². The van der Waals surface area contributed by atoms with Gasteiger partial charge < -0.3 is 10.1 Å². The van der Waals surface area contributed by atoms with E-state index in [1.165, 1.54) is 5.69 Å². The number of methoxy groups -OCH3 is 1. The molecule has 0 radical (unpaired) electrons. The summed E-state index contributed by atoms with van der Waals surface area (Å²) in [6.45, 7) is 5.99. The minimum absolute atomic E-state index is 0.391. The van der Waals surface area contributed by atoms with Gasteiger partial charge in [-0.1, -0.05) is 6.92 Å². The molecule has 16 heavy (non-hydrogen) atoms. The number of aromatic nitrogens is 2. The zero-order valence-corrected chi connectivity index (χ0v) is 11.9. The van der Waals surface area contributed by atoms with Gasteiger partial charge in [0.25, 0.3) is 0 Å². The van der Waals surface area contributed by atoms with E-state index >= 15 is 0 Å². The van der Waals surface area contributed by atoms with Gasteiger partial charge in [-0.3, -0.25) is 4.68 Å². The Morgan fingerprint density at radius 3 is 2.75 bits per heavy atom. The highest BCUT2D eigenvalue weighted by molar-refractivity contribution is 9.10. The van der Waals surface area contributed by atoms with E-state index in [1.807, 2.05) is 17.9 Å². The third kappa shape index (κ3) is 3.30. The Labute approximate surface area is 105 Å². The highest BCUT2D eigenvalue weighted by Crippen LogP contribution is 2.26. The van der Waals surface area contributed by atoms with E-state index in [-0.39, 0.29) is 0 Å². The number of halogens is 1. The fourth-order valence-corrected chi connectivity index (χ4v) is 2.44. The van der Waals surface area contributed by atoms with Crippen molar-refractivity contribution >= 4 is 15.9 Å². The summed E-state index contributed by atoms with van der Waals surface area (Å²) in [4.78, 5) is 0. The molecule has 0 aliphatic rings. The number of nitrogens with one attached hydrogen (secondary N) is 1. The lowest BCUT2D eigenvalue weighted by atomic mass is 10.00. The topological polar surface area (TPSA) is 39.1 Å². The van der Waals surface area contributed by atoms with Crippen molar-refractivity contribution in [2.45, 2.75) is 25.8 Å². The fourth-order valence-electron chi connectivity index (χ4n) is 1.73. The summed E-state index contributed by atoms with van der Waals surface area (Å²) in [7, 11) is 3.69. The van der Waals surface area contributed by atoms with E-state index in [9.17, 15) is 0 Å². The second-order valence-corrected chi connectivity index (χ2v) is 4.88. The molecule has 0 aliphatic heterocycles. The van der Waals surface area contributed by atoms with Crippen LogP contribution in [-0.2, 0) is 11.8 Å². The highest BCUT2D eigenvalue weighted by atomic mass is 79.9. The Bertz CT molecular complexity index is 308. The standard InChI is InChI=1S/C11H20BrN3O/c1-8(9(2)13-5-6-16-4)11-10(12)7-14-15(11)3/h7-9,13H,5-6H2,1-4H3. The summed E-state index contributed by atoms with van der Waals surface area (Å²) < 4.78 is 8.01. The number of aryl methyl sites for hydroxylation is 1. The average Bonchev–Trinajstić information content (AvgIpc) is 2.58. The molecule has 1 N–H and O–H groups in total. The van der Waals surface area contributed by atoms with Crippen LogP contribution in [0.4, 0.5) is 0 Å². The number of hydrogen-bond donors (Lipinski definition) is 1. The molecule has 0 aromatic carbocycles. The second-order valence-electron chi connectivity index (χ2n) is 4.03. The summed E-state index contributed by atoms with van der Waals surface area (Å²) in [5, 5.41) is 7.67. The molecular formula is C11H20BrN3O. The number of ether oxygens (including phenoxy) is 1. The van der Waals surface area contributed by atoms with Crippen LogP contribution in [0.5, 0.6) is 0 Å². The predicted octanol–water partition coefficient (Wildman–Crippen LogP) is 1.91. The first-order valence-electron chi connectivity index (χ1n) is 5.47. The van der Waals surface area contributed by atoms with Gasteiger partial charge >= 0.3 is 0 Å². The molecule has 92 valence electrons. The Morgan fingerprint density at radius 1 is 1.56 bits per heavy atom. The largest absolute Gasteiger partial charge is 0.383 e. The van der Waals surface area contributed by atoms with Crippen LogP contribution in [0.2, 0.25) is 0 Å². The van der Waals surface area contributed by atoms with Crippen LogP contribution in [0.25, 0.3) is 0 Å². The normalized spacial score (nSPS) is 15.1. The summed E-state index contributed by atoms with van der Waals surface area (Å²) in [5.74, 6) is 0.402. The van der Waals surface area contributed by atoms with Crippen LogP contribution < -0.4 is 5.32 Å². The zero-order chi connectivity index (χ0) is 12.1. The first-order chi connectivity index (χ1) is 7.57. The molecule has 5 heteroatoms. The van der Waals surface area contributed by atoms with Gasteiger partial charge in [-0.2, -0.15) is 5.10 Å². The molecule has 0 aliphatic carbocycles. The van der Waals surface area contributed by atoms with E-state index in [4.69, 9.17) is 4.74 Å². The summed E-state index contributed by atoms with van der Waals surface area (Å²) in [6, 6.07) is 0.391. The number of nitrogens with zero attached hydrogens (tertiary/aromatic N) is 2. The maximum atomic E-state index is 5.02. The van der Waals surface area contributed by atoms with Crippen molar-refractivity contribution in [2.75, 3.05) is 20.3 Å². The maximum absolute atomic E-state index is 5.02. The smallest absolute Gasteiger partial charge is 0.0635 e. The molecular weight excluding hydrogens is 270 g/mol. The third-order valence-electron chi connectivity index (χ3n) is 2.89. The molecule has 0 saturated carbocycles. The van der Waals surface area contributed by atoms with Crippen molar-refractivity contribution in [3.05, 3.63) is 16.4 Å². The molecule has 0 spiro atoms. The molecule has 0 bridgehead atoms. The van der Waals surface area contributed by atoms with E-state index < -0.39 is 0 Å². The molecule has 0 fully saturated rings. The minimum atomic E-state index is 0.391. The summed E-state index contributed by atoms with van der Waals surface area (Å²) in [5.41, 5.74) is 1.22. The average molecular weight is 290 g/mol. The summed E-state index contributed by atoms with van der Waals surface area (Å²) >= 11 is 3.53. The van der Waals surface area contributed by atoms with Gasteiger partial charge in [0.1, 0.15) is 0 Å². The van der Waals surface area contributed by atoms with Gasteiger partial charge in [0.05, 0.1) is 23.0 Å². The van der Waals surface area contributed by atoms with Crippen molar-refractivity contribution in [3.63, 3.8) is 0 Å². The van der Waals surface area contributed by atoms with Crippen LogP contribution in [0.3, 0.4) is 0 Å². The fraction of sp³-hybridized carbons (Fsp3) is 0.727. The maximum Gasteiger partial charge on any atom is 0.0635 e. The number of rotatable bonds is 6. The Kier molecular flexibility index (Phi) is 5.44. The van der Waals surface area contributed by atoms with Gasteiger partial charge in [0.2, 0.25) is 0 Å². The van der Waals surface area contributed by atoms with Crippen molar-refractivity contribution in [2.24, 2.45) is 7.05 Å². The molecule has 1 aromatic rings. The van der Waals surface area contributed by atoms with Crippen LogP contribution in [-0.4, -0.2) is 36.1 Å². The minimum Gasteiger partial charge on any atom is -0.383 e.